The van der Waals surface area contributed by atoms with Gasteiger partial charge < -0.3 is 9.84 Å². The molecule has 0 amide bonds. The molecule has 1 unspecified atom stereocenters. The van der Waals surface area contributed by atoms with Crippen LogP contribution in [0.1, 0.15) is 19.8 Å². The van der Waals surface area contributed by atoms with Gasteiger partial charge in [0.15, 0.2) is 5.78 Å². The van der Waals surface area contributed by atoms with Gasteiger partial charge in [-0.15, -0.1) is 0 Å². The summed E-state index contributed by atoms with van der Waals surface area (Å²) in [6, 6.07) is 0. The fraction of sp³-hybridized carbons (Fsp3) is 0.385. The molecular formula is C13H18O4. The Balaban J connectivity index is 3.94. The van der Waals surface area contributed by atoms with Crippen molar-refractivity contribution < 1.29 is 19.4 Å². The molecule has 0 bridgehead atoms. The van der Waals surface area contributed by atoms with E-state index in [-0.39, 0.29) is 12.2 Å². The summed E-state index contributed by atoms with van der Waals surface area (Å²) in [5.74, 6) is -0.853. The number of methoxy groups -OCH3 is 1. The van der Waals surface area contributed by atoms with E-state index in [4.69, 9.17) is 0 Å². The van der Waals surface area contributed by atoms with Gasteiger partial charge in [-0.3, -0.25) is 9.59 Å². The van der Waals surface area contributed by atoms with Gasteiger partial charge in [0, 0.05) is 0 Å². The number of hydrogen-bond acceptors (Lipinski definition) is 4. The van der Waals surface area contributed by atoms with Crippen LogP contribution >= 0.6 is 0 Å². The van der Waals surface area contributed by atoms with Crippen LogP contribution in [-0.4, -0.2) is 30.1 Å². The molecule has 0 fully saturated rings. The Morgan fingerprint density at radius 3 is 2.47 bits per heavy atom. The van der Waals surface area contributed by atoms with Crippen LogP contribution in [0.5, 0.6) is 0 Å². The number of ether oxygens (including phenoxy) is 1. The molecule has 0 saturated heterocycles. The average Bonchev–Trinajstić information content (AvgIpc) is 2.32. The van der Waals surface area contributed by atoms with Crippen LogP contribution in [0, 0.1) is 0 Å². The Kier molecular flexibility index (Phi) is 8.60. The minimum Gasteiger partial charge on any atom is -0.469 e. The molecule has 1 atom stereocenters. The van der Waals surface area contributed by atoms with Crippen LogP contribution in [-0.2, 0) is 14.3 Å². The Morgan fingerprint density at radius 2 is 1.88 bits per heavy atom. The second kappa shape index (κ2) is 9.54. The quantitative estimate of drug-likeness (QED) is 0.316. The van der Waals surface area contributed by atoms with Crippen LogP contribution < -0.4 is 0 Å². The first-order valence-electron chi connectivity index (χ1n) is 5.39. The van der Waals surface area contributed by atoms with Gasteiger partial charge >= 0.3 is 5.97 Å². The van der Waals surface area contributed by atoms with E-state index < -0.39 is 12.1 Å². The molecule has 0 aliphatic carbocycles. The van der Waals surface area contributed by atoms with E-state index in [1.165, 1.54) is 19.3 Å². The monoisotopic (exact) mass is 238 g/mol. The molecule has 0 aromatic carbocycles. The molecular weight excluding hydrogens is 220 g/mol. The lowest BCUT2D eigenvalue weighted by molar-refractivity contribution is -0.142. The number of carbonyl (C=O) groups excluding carboxylic acids is 2. The van der Waals surface area contributed by atoms with Crippen molar-refractivity contribution in [3.05, 3.63) is 36.5 Å². The zero-order chi connectivity index (χ0) is 13.1. The van der Waals surface area contributed by atoms with E-state index in [9.17, 15) is 14.7 Å². The molecule has 0 aliphatic rings. The maximum atomic E-state index is 11.1. The molecule has 0 aliphatic heterocycles. The number of rotatable bonds is 7. The van der Waals surface area contributed by atoms with Crippen molar-refractivity contribution in [1.82, 2.24) is 0 Å². The van der Waals surface area contributed by atoms with Crippen LogP contribution in [0.4, 0.5) is 0 Å². The Morgan fingerprint density at radius 1 is 1.24 bits per heavy atom. The van der Waals surface area contributed by atoms with Crippen molar-refractivity contribution in [3.8, 4) is 0 Å². The third kappa shape index (κ3) is 9.26. The number of allylic oxidation sites excluding steroid dienone is 5. The fourth-order valence-corrected chi connectivity index (χ4v) is 0.893. The molecule has 4 nitrogen and oxygen atoms in total. The predicted octanol–water partition coefficient (Wildman–Crippen LogP) is 1.56. The molecule has 0 spiro atoms. The van der Waals surface area contributed by atoms with Crippen molar-refractivity contribution in [2.75, 3.05) is 7.11 Å². The summed E-state index contributed by atoms with van der Waals surface area (Å²) < 4.78 is 4.35. The molecule has 0 aromatic heterocycles. The normalized spacial score (nSPS) is 13.6. The number of aliphatic hydroxyl groups is 1. The van der Waals surface area contributed by atoms with Gasteiger partial charge in [-0.2, -0.15) is 0 Å². The molecule has 0 heterocycles. The molecule has 0 radical (unpaired) electrons. The standard InChI is InChI=1S/C13H18O4/c1-3-11(14)8-6-4-5-7-9-12(15)10-13(16)17-2/h4-9,11,14H,3,10H2,1-2H3. The molecule has 0 saturated carbocycles. The molecule has 0 rings (SSSR count). The van der Waals surface area contributed by atoms with Gasteiger partial charge in [0.2, 0.25) is 0 Å². The smallest absolute Gasteiger partial charge is 0.313 e. The second-order valence-electron chi connectivity index (χ2n) is 3.32. The SMILES string of the molecule is CCC(O)C=CC=CC=CC(=O)CC(=O)OC. The fourth-order valence-electron chi connectivity index (χ4n) is 0.893. The maximum absolute atomic E-state index is 11.1. The van der Waals surface area contributed by atoms with E-state index in [0.717, 1.165) is 0 Å². The molecule has 94 valence electrons. The van der Waals surface area contributed by atoms with Crippen LogP contribution in [0.2, 0.25) is 0 Å². The Bertz CT molecular complexity index is 326. The van der Waals surface area contributed by atoms with E-state index in [1.807, 2.05) is 6.92 Å². The second-order valence-corrected chi connectivity index (χ2v) is 3.32. The average molecular weight is 238 g/mol. The van der Waals surface area contributed by atoms with Crippen LogP contribution in [0.3, 0.4) is 0 Å². The van der Waals surface area contributed by atoms with Gasteiger partial charge in [0.25, 0.3) is 0 Å². The van der Waals surface area contributed by atoms with Crippen LogP contribution in [0.25, 0.3) is 0 Å². The first kappa shape index (κ1) is 15.3. The minimum atomic E-state index is -0.547. The van der Waals surface area contributed by atoms with Crippen molar-refractivity contribution in [2.45, 2.75) is 25.9 Å². The number of ketones is 1. The van der Waals surface area contributed by atoms with E-state index >= 15 is 0 Å². The molecule has 0 aromatic rings. The highest BCUT2D eigenvalue weighted by molar-refractivity contribution is 6.01. The predicted molar refractivity (Wildman–Crippen MR) is 65.4 cm³/mol. The van der Waals surface area contributed by atoms with Gasteiger partial charge in [-0.25, -0.2) is 0 Å². The topological polar surface area (TPSA) is 63.6 Å². The van der Waals surface area contributed by atoms with E-state index in [0.29, 0.717) is 6.42 Å². The summed E-state index contributed by atoms with van der Waals surface area (Å²) in [4.78, 5) is 21.9. The van der Waals surface area contributed by atoms with E-state index in [2.05, 4.69) is 4.74 Å². The number of hydrogen-bond donors (Lipinski definition) is 1. The largest absolute Gasteiger partial charge is 0.469 e. The van der Waals surface area contributed by atoms with Gasteiger partial charge in [-0.05, 0) is 12.5 Å². The van der Waals surface area contributed by atoms with Crippen molar-refractivity contribution in [2.24, 2.45) is 0 Å². The van der Waals surface area contributed by atoms with Crippen molar-refractivity contribution in [3.63, 3.8) is 0 Å². The molecule has 4 heteroatoms. The Labute approximate surface area is 101 Å². The zero-order valence-corrected chi connectivity index (χ0v) is 10.1. The molecule has 17 heavy (non-hydrogen) atoms. The van der Waals surface area contributed by atoms with Crippen LogP contribution in [0.15, 0.2) is 36.5 Å². The third-order valence-electron chi connectivity index (χ3n) is 1.91. The summed E-state index contributed by atoms with van der Waals surface area (Å²) >= 11 is 0. The van der Waals surface area contributed by atoms with Crippen molar-refractivity contribution in [1.29, 1.82) is 0 Å². The summed E-state index contributed by atoms with van der Waals surface area (Å²) in [5.41, 5.74) is 0. The van der Waals surface area contributed by atoms with Crippen molar-refractivity contribution >= 4 is 11.8 Å². The lowest BCUT2D eigenvalue weighted by atomic mass is 10.2. The van der Waals surface area contributed by atoms with E-state index in [1.54, 1.807) is 24.3 Å². The van der Waals surface area contributed by atoms with Gasteiger partial charge in [0.1, 0.15) is 6.42 Å². The highest BCUT2D eigenvalue weighted by Crippen LogP contribution is 1.93. The Hall–Kier alpha value is -1.68. The minimum absolute atomic E-state index is 0.245. The lowest BCUT2D eigenvalue weighted by Gasteiger charge is -1.95. The number of aliphatic hydroxyl groups excluding tert-OH is 1. The van der Waals surface area contributed by atoms with Gasteiger partial charge in [-0.1, -0.05) is 37.3 Å². The third-order valence-corrected chi connectivity index (χ3v) is 1.91. The highest BCUT2D eigenvalue weighted by atomic mass is 16.5. The number of carbonyl (C=O) groups is 2. The first-order valence-corrected chi connectivity index (χ1v) is 5.39. The summed E-state index contributed by atoms with van der Waals surface area (Å²) in [7, 11) is 1.24. The number of esters is 1. The maximum Gasteiger partial charge on any atom is 0.313 e. The van der Waals surface area contributed by atoms with Gasteiger partial charge in [0.05, 0.1) is 13.2 Å². The summed E-state index contributed by atoms with van der Waals surface area (Å²) in [6.07, 6.45) is 9.51. The first-order chi connectivity index (χ1) is 8.10. The summed E-state index contributed by atoms with van der Waals surface area (Å²) in [5, 5.41) is 9.18. The molecule has 1 N–H and O–H groups in total. The zero-order valence-electron chi connectivity index (χ0n) is 10.1. The highest BCUT2D eigenvalue weighted by Gasteiger charge is 2.04. The summed E-state index contributed by atoms with van der Waals surface area (Å²) in [6.45, 7) is 1.88. The lowest BCUT2D eigenvalue weighted by Crippen LogP contribution is -2.06.